The SMILES string of the molecule is Nc1ccc(NC(=O)COc2ccc(Cl)cc2Br)c(Cl)c1. The number of nitrogen functional groups attached to an aromatic ring is 1. The van der Waals surface area contributed by atoms with Crippen LogP contribution in [0.4, 0.5) is 11.4 Å². The number of amides is 1. The van der Waals surface area contributed by atoms with Gasteiger partial charge in [-0.2, -0.15) is 0 Å². The maximum absolute atomic E-state index is 11.8. The second-order valence-electron chi connectivity index (χ2n) is 4.15. The normalized spacial score (nSPS) is 10.2. The average molecular weight is 390 g/mol. The van der Waals surface area contributed by atoms with E-state index >= 15 is 0 Å². The highest BCUT2D eigenvalue weighted by molar-refractivity contribution is 9.10. The van der Waals surface area contributed by atoms with Gasteiger partial charge in [0.2, 0.25) is 0 Å². The van der Waals surface area contributed by atoms with E-state index < -0.39 is 0 Å². The van der Waals surface area contributed by atoms with Crippen LogP contribution in [0.2, 0.25) is 10.0 Å². The summed E-state index contributed by atoms with van der Waals surface area (Å²) in [5.74, 6) is 0.196. The third-order valence-electron chi connectivity index (χ3n) is 2.52. The largest absolute Gasteiger partial charge is 0.483 e. The summed E-state index contributed by atoms with van der Waals surface area (Å²) in [7, 11) is 0. The number of hydrogen-bond donors (Lipinski definition) is 2. The molecule has 21 heavy (non-hydrogen) atoms. The van der Waals surface area contributed by atoms with Gasteiger partial charge in [0.1, 0.15) is 5.75 Å². The molecular weight excluding hydrogens is 379 g/mol. The van der Waals surface area contributed by atoms with E-state index in [1.54, 1.807) is 36.4 Å². The standard InChI is InChI=1S/C14H11BrCl2N2O2/c15-10-5-8(16)1-4-13(10)21-7-14(20)19-12-3-2-9(18)6-11(12)17/h1-6H,7,18H2,(H,19,20). The number of halogens is 3. The van der Waals surface area contributed by atoms with Crippen molar-refractivity contribution in [3.63, 3.8) is 0 Å². The zero-order valence-electron chi connectivity index (χ0n) is 10.7. The fraction of sp³-hybridized carbons (Fsp3) is 0.0714. The molecule has 7 heteroatoms. The summed E-state index contributed by atoms with van der Waals surface area (Å²) in [6, 6.07) is 9.89. The molecule has 1 amide bonds. The fourth-order valence-electron chi connectivity index (χ4n) is 1.55. The van der Waals surface area contributed by atoms with Crippen molar-refractivity contribution >= 4 is 56.4 Å². The highest BCUT2D eigenvalue weighted by Gasteiger charge is 2.08. The topological polar surface area (TPSA) is 64.3 Å². The summed E-state index contributed by atoms with van der Waals surface area (Å²) in [5, 5.41) is 3.59. The molecule has 0 aliphatic rings. The van der Waals surface area contributed by atoms with E-state index in [0.717, 1.165) is 0 Å². The van der Waals surface area contributed by atoms with Gasteiger partial charge in [-0.05, 0) is 52.3 Å². The van der Waals surface area contributed by atoms with E-state index in [9.17, 15) is 4.79 Å². The first-order chi connectivity index (χ1) is 9.95. The van der Waals surface area contributed by atoms with Crippen LogP contribution >= 0.6 is 39.1 Å². The third-order valence-corrected chi connectivity index (χ3v) is 3.69. The number of carbonyl (C=O) groups excluding carboxylic acids is 1. The minimum Gasteiger partial charge on any atom is -0.483 e. The lowest BCUT2D eigenvalue weighted by atomic mass is 10.3. The first kappa shape index (κ1) is 15.9. The van der Waals surface area contributed by atoms with Gasteiger partial charge in [-0.1, -0.05) is 23.2 Å². The first-order valence-corrected chi connectivity index (χ1v) is 7.43. The molecule has 0 atom stereocenters. The molecule has 0 unspecified atom stereocenters. The van der Waals surface area contributed by atoms with Crippen LogP contribution < -0.4 is 15.8 Å². The number of carbonyl (C=O) groups is 1. The van der Waals surface area contributed by atoms with Gasteiger partial charge in [-0.3, -0.25) is 4.79 Å². The lowest BCUT2D eigenvalue weighted by Gasteiger charge is -2.10. The Hall–Kier alpha value is -1.43. The summed E-state index contributed by atoms with van der Waals surface area (Å²) in [6.07, 6.45) is 0. The van der Waals surface area contributed by atoms with E-state index in [1.807, 2.05) is 0 Å². The molecule has 0 bridgehead atoms. The van der Waals surface area contributed by atoms with E-state index in [-0.39, 0.29) is 12.5 Å². The van der Waals surface area contributed by atoms with E-state index in [2.05, 4.69) is 21.2 Å². The molecule has 4 nitrogen and oxygen atoms in total. The molecule has 0 radical (unpaired) electrons. The molecule has 0 heterocycles. The lowest BCUT2D eigenvalue weighted by Crippen LogP contribution is -2.20. The highest BCUT2D eigenvalue weighted by Crippen LogP contribution is 2.28. The Balaban J connectivity index is 1.96. The molecule has 0 saturated carbocycles. The summed E-state index contributed by atoms with van der Waals surface area (Å²) in [4.78, 5) is 11.8. The van der Waals surface area contributed by atoms with Crippen molar-refractivity contribution in [1.82, 2.24) is 0 Å². The number of rotatable bonds is 4. The number of nitrogens with one attached hydrogen (secondary N) is 1. The molecule has 0 fully saturated rings. The zero-order chi connectivity index (χ0) is 15.4. The van der Waals surface area contributed by atoms with Gasteiger partial charge >= 0.3 is 0 Å². The summed E-state index contributed by atoms with van der Waals surface area (Å²) < 4.78 is 6.08. The molecular formula is C14H11BrCl2N2O2. The van der Waals surface area contributed by atoms with Crippen molar-refractivity contribution in [2.45, 2.75) is 0 Å². The Morgan fingerprint density at radius 2 is 2.00 bits per heavy atom. The fourth-order valence-corrected chi connectivity index (χ4v) is 2.59. The van der Waals surface area contributed by atoms with Crippen LogP contribution in [0.5, 0.6) is 5.75 Å². The van der Waals surface area contributed by atoms with Crippen molar-refractivity contribution in [2.75, 3.05) is 17.7 Å². The number of anilines is 2. The van der Waals surface area contributed by atoms with Gasteiger partial charge < -0.3 is 15.8 Å². The Morgan fingerprint density at radius 3 is 2.67 bits per heavy atom. The maximum atomic E-state index is 11.8. The quantitative estimate of drug-likeness (QED) is 0.763. The van der Waals surface area contributed by atoms with Crippen LogP contribution in [0.15, 0.2) is 40.9 Å². The predicted molar refractivity (Wildman–Crippen MR) is 89.1 cm³/mol. The van der Waals surface area contributed by atoms with Crippen LogP contribution in [0.25, 0.3) is 0 Å². The summed E-state index contributed by atoms with van der Waals surface area (Å²) in [5.41, 5.74) is 6.59. The highest BCUT2D eigenvalue weighted by atomic mass is 79.9. The van der Waals surface area contributed by atoms with E-state index in [1.165, 1.54) is 0 Å². The monoisotopic (exact) mass is 388 g/mol. The van der Waals surface area contributed by atoms with Gasteiger partial charge in [0, 0.05) is 10.7 Å². The minimum absolute atomic E-state index is 0.152. The average Bonchev–Trinajstić information content (AvgIpc) is 2.41. The van der Waals surface area contributed by atoms with Gasteiger partial charge in [-0.15, -0.1) is 0 Å². The maximum Gasteiger partial charge on any atom is 0.262 e. The molecule has 0 aromatic heterocycles. The molecule has 3 N–H and O–H groups in total. The lowest BCUT2D eigenvalue weighted by molar-refractivity contribution is -0.118. The van der Waals surface area contributed by atoms with Gasteiger partial charge in [0.25, 0.3) is 5.91 Å². The predicted octanol–water partition coefficient (Wildman–Crippen LogP) is 4.36. The van der Waals surface area contributed by atoms with Crippen molar-refractivity contribution in [2.24, 2.45) is 0 Å². The summed E-state index contributed by atoms with van der Waals surface area (Å²) >= 11 is 15.1. The Bertz CT molecular complexity index is 680. The molecule has 0 saturated heterocycles. The molecule has 0 aliphatic heterocycles. The van der Waals surface area contributed by atoms with Crippen molar-refractivity contribution in [1.29, 1.82) is 0 Å². The van der Waals surface area contributed by atoms with Crippen LogP contribution in [0, 0.1) is 0 Å². The van der Waals surface area contributed by atoms with Crippen LogP contribution in [0.3, 0.4) is 0 Å². The van der Waals surface area contributed by atoms with Gasteiger partial charge in [-0.25, -0.2) is 0 Å². The van der Waals surface area contributed by atoms with Crippen LogP contribution in [-0.4, -0.2) is 12.5 Å². The number of nitrogens with two attached hydrogens (primary N) is 1. The number of ether oxygens (including phenoxy) is 1. The Morgan fingerprint density at radius 1 is 1.24 bits per heavy atom. The number of hydrogen-bond acceptors (Lipinski definition) is 3. The van der Waals surface area contributed by atoms with Gasteiger partial charge in [0.15, 0.2) is 6.61 Å². The molecule has 110 valence electrons. The van der Waals surface area contributed by atoms with E-state index in [4.69, 9.17) is 33.7 Å². The molecule has 2 aromatic rings. The molecule has 2 aromatic carbocycles. The first-order valence-electron chi connectivity index (χ1n) is 5.88. The zero-order valence-corrected chi connectivity index (χ0v) is 13.8. The van der Waals surface area contributed by atoms with Crippen molar-refractivity contribution < 1.29 is 9.53 Å². The van der Waals surface area contributed by atoms with Crippen LogP contribution in [0.1, 0.15) is 0 Å². The Kier molecular flexibility index (Phi) is 5.33. The second kappa shape index (κ2) is 7.02. The number of benzene rings is 2. The molecule has 0 aliphatic carbocycles. The smallest absolute Gasteiger partial charge is 0.262 e. The van der Waals surface area contributed by atoms with Crippen molar-refractivity contribution in [3.8, 4) is 5.75 Å². The molecule has 0 spiro atoms. The molecule has 2 rings (SSSR count). The third kappa shape index (κ3) is 4.52. The second-order valence-corrected chi connectivity index (χ2v) is 5.85. The Labute approximate surface area is 140 Å². The van der Waals surface area contributed by atoms with E-state index in [0.29, 0.717) is 31.6 Å². The summed E-state index contributed by atoms with van der Waals surface area (Å²) in [6.45, 7) is -0.152. The van der Waals surface area contributed by atoms with Crippen molar-refractivity contribution in [3.05, 3.63) is 50.9 Å². The van der Waals surface area contributed by atoms with Crippen LogP contribution in [-0.2, 0) is 4.79 Å². The minimum atomic E-state index is -0.330. The van der Waals surface area contributed by atoms with Gasteiger partial charge in [0.05, 0.1) is 15.2 Å².